The molecule has 0 radical (unpaired) electrons. The van der Waals surface area contributed by atoms with Crippen LogP contribution in [0, 0.1) is 6.92 Å². The minimum absolute atomic E-state index is 0.0425. The molecule has 122 valence electrons. The van der Waals surface area contributed by atoms with Crippen LogP contribution in [-0.2, 0) is 17.8 Å². The van der Waals surface area contributed by atoms with Gasteiger partial charge >= 0.3 is 0 Å². The quantitative estimate of drug-likeness (QED) is 0.922. The molecule has 0 bridgehead atoms. The maximum Gasteiger partial charge on any atom is 0.222 e. The van der Waals surface area contributed by atoms with Gasteiger partial charge in [-0.15, -0.1) is 0 Å². The second-order valence-corrected chi connectivity index (χ2v) is 6.17. The minimum Gasteiger partial charge on any atom is -0.368 e. The van der Waals surface area contributed by atoms with Crippen LogP contribution in [0.2, 0.25) is 0 Å². The molecule has 1 aromatic heterocycles. The third-order valence-corrected chi connectivity index (χ3v) is 4.39. The number of nitrogens with one attached hydrogen (secondary N) is 1. The highest BCUT2D eigenvalue weighted by atomic mass is 16.5. The largest absolute Gasteiger partial charge is 0.368 e. The summed E-state index contributed by atoms with van der Waals surface area (Å²) in [7, 11) is 0. The Kier molecular flexibility index (Phi) is 4.65. The number of carbonyl (C=O) groups is 1. The van der Waals surface area contributed by atoms with Crippen LogP contribution in [0.1, 0.15) is 36.8 Å². The van der Waals surface area contributed by atoms with E-state index in [0.717, 1.165) is 30.8 Å². The van der Waals surface area contributed by atoms with Gasteiger partial charge in [0.1, 0.15) is 11.5 Å². The third kappa shape index (κ3) is 3.73. The predicted molar refractivity (Wildman–Crippen MR) is 89.3 cm³/mol. The van der Waals surface area contributed by atoms with Gasteiger partial charge in [-0.3, -0.25) is 4.79 Å². The molecular weight excluding hydrogens is 290 g/mol. The zero-order valence-corrected chi connectivity index (χ0v) is 13.7. The van der Waals surface area contributed by atoms with Gasteiger partial charge in [0, 0.05) is 30.8 Å². The second kappa shape index (κ2) is 6.86. The summed E-state index contributed by atoms with van der Waals surface area (Å²) in [4.78, 5) is 14.4. The zero-order valence-electron chi connectivity index (χ0n) is 13.7. The van der Waals surface area contributed by atoms with E-state index in [0.29, 0.717) is 19.0 Å². The molecule has 1 unspecified atom stereocenters. The molecule has 0 saturated heterocycles. The molecule has 1 aromatic carbocycles. The number of rotatable bonds is 5. The third-order valence-electron chi connectivity index (χ3n) is 4.39. The normalized spacial score (nSPS) is 17.0. The highest BCUT2D eigenvalue weighted by Crippen LogP contribution is 2.30. The van der Waals surface area contributed by atoms with Gasteiger partial charge in [0.05, 0.1) is 6.54 Å². The summed E-state index contributed by atoms with van der Waals surface area (Å²) in [6.07, 6.45) is 2.73. The van der Waals surface area contributed by atoms with Crippen LogP contribution in [0.3, 0.4) is 0 Å². The van der Waals surface area contributed by atoms with E-state index >= 15 is 0 Å². The summed E-state index contributed by atoms with van der Waals surface area (Å²) >= 11 is 0. The van der Waals surface area contributed by atoms with Crippen molar-refractivity contribution in [1.29, 1.82) is 0 Å². The smallest absolute Gasteiger partial charge is 0.222 e. The first-order chi connectivity index (χ1) is 11.1. The maximum absolute atomic E-state index is 12.1. The molecule has 2 aromatic rings. The Hall–Kier alpha value is -2.30. The average molecular weight is 313 g/mol. The highest BCUT2D eigenvalue weighted by Gasteiger charge is 2.22. The number of hydrogen-bond acceptors (Lipinski definition) is 4. The van der Waals surface area contributed by atoms with E-state index in [4.69, 9.17) is 4.52 Å². The molecule has 23 heavy (non-hydrogen) atoms. The van der Waals surface area contributed by atoms with Crippen LogP contribution in [0.25, 0.3) is 0 Å². The standard InChI is InChI=1S/C18H23N3O2/c1-13-7-8-15-5-3-4-6-17(15)21(13)10-9-18(22)19-12-16-11-14(2)23-20-16/h3-6,11,13H,7-10,12H2,1-2H3,(H,19,22). The second-order valence-electron chi connectivity index (χ2n) is 6.17. The SMILES string of the molecule is Cc1cc(CNC(=O)CCN2c3ccccc3CCC2C)no1. The van der Waals surface area contributed by atoms with Gasteiger partial charge in [-0.05, 0) is 38.3 Å². The maximum atomic E-state index is 12.1. The fourth-order valence-electron chi connectivity index (χ4n) is 3.10. The Morgan fingerprint density at radius 3 is 3.04 bits per heavy atom. The number of fused-ring (bicyclic) bond motifs is 1. The number of amides is 1. The van der Waals surface area contributed by atoms with Gasteiger partial charge < -0.3 is 14.7 Å². The fourth-order valence-corrected chi connectivity index (χ4v) is 3.10. The Bertz CT molecular complexity index is 680. The number of nitrogens with zero attached hydrogens (tertiary/aromatic N) is 2. The number of para-hydroxylation sites is 1. The zero-order chi connectivity index (χ0) is 16.2. The van der Waals surface area contributed by atoms with Crippen molar-refractivity contribution in [3.8, 4) is 0 Å². The molecule has 3 rings (SSSR count). The van der Waals surface area contributed by atoms with Crippen molar-refractivity contribution in [3.63, 3.8) is 0 Å². The van der Waals surface area contributed by atoms with Gasteiger partial charge in [-0.2, -0.15) is 0 Å². The van der Waals surface area contributed by atoms with E-state index in [1.807, 2.05) is 13.0 Å². The van der Waals surface area contributed by atoms with Gasteiger partial charge in [0.15, 0.2) is 0 Å². The monoisotopic (exact) mass is 313 g/mol. The molecule has 0 spiro atoms. The summed E-state index contributed by atoms with van der Waals surface area (Å²) in [6.45, 7) is 5.23. The van der Waals surface area contributed by atoms with E-state index in [1.54, 1.807) is 0 Å². The molecule has 1 aliphatic heterocycles. The number of benzene rings is 1. The average Bonchev–Trinajstić information content (AvgIpc) is 2.97. The van der Waals surface area contributed by atoms with Gasteiger partial charge in [0.2, 0.25) is 5.91 Å². The van der Waals surface area contributed by atoms with Crippen LogP contribution in [-0.4, -0.2) is 23.7 Å². The van der Waals surface area contributed by atoms with Crippen molar-refractivity contribution in [1.82, 2.24) is 10.5 Å². The summed E-state index contributed by atoms with van der Waals surface area (Å²) in [6, 6.07) is 10.8. The number of hydrogen-bond donors (Lipinski definition) is 1. The van der Waals surface area contributed by atoms with E-state index < -0.39 is 0 Å². The lowest BCUT2D eigenvalue weighted by Gasteiger charge is -2.37. The van der Waals surface area contributed by atoms with Gasteiger partial charge in [-0.1, -0.05) is 23.4 Å². The van der Waals surface area contributed by atoms with Crippen LogP contribution in [0.4, 0.5) is 5.69 Å². The number of aryl methyl sites for hydroxylation is 2. The van der Waals surface area contributed by atoms with Crippen LogP contribution < -0.4 is 10.2 Å². The Morgan fingerprint density at radius 1 is 1.43 bits per heavy atom. The van der Waals surface area contributed by atoms with E-state index in [2.05, 4.69) is 46.6 Å². The van der Waals surface area contributed by atoms with Crippen LogP contribution in [0.15, 0.2) is 34.9 Å². The first-order valence-electron chi connectivity index (χ1n) is 8.17. The fraction of sp³-hybridized carbons (Fsp3) is 0.444. The lowest BCUT2D eigenvalue weighted by Crippen LogP contribution is -2.39. The lowest BCUT2D eigenvalue weighted by molar-refractivity contribution is -0.121. The molecule has 5 heteroatoms. The van der Waals surface area contributed by atoms with Crippen LogP contribution in [0.5, 0.6) is 0 Å². The molecule has 5 nitrogen and oxygen atoms in total. The molecule has 1 aliphatic rings. The number of anilines is 1. The summed E-state index contributed by atoms with van der Waals surface area (Å²) in [5.74, 6) is 0.800. The number of aromatic nitrogens is 1. The summed E-state index contributed by atoms with van der Waals surface area (Å²) in [5.41, 5.74) is 3.41. The molecule has 0 saturated carbocycles. The topological polar surface area (TPSA) is 58.4 Å². The molecule has 1 amide bonds. The molecule has 1 atom stereocenters. The van der Waals surface area contributed by atoms with Crippen molar-refractivity contribution >= 4 is 11.6 Å². The van der Waals surface area contributed by atoms with Gasteiger partial charge in [0.25, 0.3) is 0 Å². The van der Waals surface area contributed by atoms with E-state index in [9.17, 15) is 4.79 Å². The summed E-state index contributed by atoms with van der Waals surface area (Å²) in [5, 5.41) is 6.78. The van der Waals surface area contributed by atoms with Crippen molar-refractivity contribution in [2.75, 3.05) is 11.4 Å². The highest BCUT2D eigenvalue weighted by molar-refractivity contribution is 5.76. The molecule has 0 fully saturated rings. The lowest BCUT2D eigenvalue weighted by atomic mass is 9.96. The minimum atomic E-state index is 0.0425. The Morgan fingerprint density at radius 2 is 2.26 bits per heavy atom. The van der Waals surface area contributed by atoms with Crippen molar-refractivity contribution in [2.45, 2.75) is 45.7 Å². The first kappa shape index (κ1) is 15.6. The Labute approximate surface area is 136 Å². The van der Waals surface area contributed by atoms with Crippen molar-refractivity contribution in [3.05, 3.63) is 47.3 Å². The number of carbonyl (C=O) groups excluding carboxylic acids is 1. The first-order valence-corrected chi connectivity index (χ1v) is 8.17. The van der Waals surface area contributed by atoms with E-state index in [-0.39, 0.29) is 5.91 Å². The molecule has 0 aliphatic carbocycles. The molecule has 2 heterocycles. The molecule has 1 N–H and O–H groups in total. The van der Waals surface area contributed by atoms with Gasteiger partial charge in [-0.25, -0.2) is 0 Å². The van der Waals surface area contributed by atoms with Crippen LogP contribution >= 0.6 is 0 Å². The molecular formula is C18H23N3O2. The van der Waals surface area contributed by atoms with Crippen molar-refractivity contribution in [2.24, 2.45) is 0 Å². The van der Waals surface area contributed by atoms with Crippen molar-refractivity contribution < 1.29 is 9.32 Å². The summed E-state index contributed by atoms with van der Waals surface area (Å²) < 4.78 is 5.00. The van der Waals surface area contributed by atoms with E-state index in [1.165, 1.54) is 11.3 Å². The predicted octanol–water partition coefficient (Wildman–Crippen LogP) is 2.83. The Balaban J connectivity index is 1.54.